The monoisotopic (exact) mass is 651 g/mol. The number of aromatic nitrogens is 2. The van der Waals surface area contributed by atoms with Crippen molar-refractivity contribution in [1.29, 1.82) is 0 Å². The van der Waals surface area contributed by atoms with Gasteiger partial charge in [-0.2, -0.15) is 0 Å². The summed E-state index contributed by atoms with van der Waals surface area (Å²) in [5, 5.41) is 30.5. The van der Waals surface area contributed by atoms with Crippen LogP contribution < -0.4 is 14.4 Å². The van der Waals surface area contributed by atoms with Crippen molar-refractivity contribution in [2.45, 2.75) is 29.7 Å². The summed E-state index contributed by atoms with van der Waals surface area (Å²) >= 11 is 2.64. The van der Waals surface area contributed by atoms with E-state index in [1.165, 1.54) is 47.2 Å². The molecular formula is C35H29N3O6S2. The molecule has 4 aromatic carbocycles. The van der Waals surface area contributed by atoms with E-state index in [2.05, 4.69) is 10.2 Å². The predicted molar refractivity (Wildman–Crippen MR) is 177 cm³/mol. The molecule has 1 amide bonds. The van der Waals surface area contributed by atoms with E-state index in [0.29, 0.717) is 33.6 Å². The molecular weight excluding hydrogens is 623 g/mol. The Labute approximate surface area is 273 Å². The van der Waals surface area contributed by atoms with Crippen LogP contribution in [-0.2, 0) is 21.9 Å². The number of aromatic hydroxyl groups is 1. The maximum Gasteiger partial charge on any atom is 0.301 e. The van der Waals surface area contributed by atoms with Crippen LogP contribution in [-0.4, -0.2) is 39.2 Å². The standard InChI is InChI=1S/C35H29N3O6S2/c1-21-7-6-10-23(17-21)19-44-26-14-11-24(12-15-26)31(40)29-30(25-13-16-27(39)28(18-25)43-2)38(33(42)32(29)41)34-36-37-35(46-34)45-20-22-8-4-3-5-9-22/h3-18,30,39-40H,19-20H2,1-2H3. The third kappa shape index (κ3) is 6.46. The third-order valence-corrected chi connectivity index (χ3v) is 9.51. The molecule has 0 spiro atoms. The van der Waals surface area contributed by atoms with E-state index in [-0.39, 0.29) is 28.0 Å². The van der Waals surface area contributed by atoms with Crippen LogP contribution in [0.1, 0.15) is 33.9 Å². The van der Waals surface area contributed by atoms with Gasteiger partial charge in [0.1, 0.15) is 18.1 Å². The number of benzene rings is 4. The largest absolute Gasteiger partial charge is 0.507 e. The highest BCUT2D eigenvalue weighted by Crippen LogP contribution is 2.45. The van der Waals surface area contributed by atoms with Crippen molar-refractivity contribution in [1.82, 2.24) is 10.2 Å². The van der Waals surface area contributed by atoms with Gasteiger partial charge in [-0.05, 0) is 60.0 Å². The molecule has 1 saturated heterocycles. The fourth-order valence-electron chi connectivity index (χ4n) is 5.12. The predicted octanol–water partition coefficient (Wildman–Crippen LogP) is 7.06. The molecule has 2 N–H and O–H groups in total. The Hall–Kier alpha value is -5.13. The summed E-state index contributed by atoms with van der Waals surface area (Å²) in [5.74, 6) is -0.818. The number of phenolic OH excluding ortho intramolecular Hbond substituents is 1. The minimum absolute atomic E-state index is 0.111. The second-order valence-electron chi connectivity index (χ2n) is 10.5. The molecule has 0 radical (unpaired) electrons. The number of rotatable bonds is 10. The topological polar surface area (TPSA) is 122 Å². The van der Waals surface area contributed by atoms with Gasteiger partial charge in [-0.3, -0.25) is 14.5 Å². The lowest BCUT2D eigenvalue weighted by Crippen LogP contribution is -2.29. The van der Waals surface area contributed by atoms with Crippen LogP contribution in [0.2, 0.25) is 0 Å². The lowest BCUT2D eigenvalue weighted by atomic mass is 9.95. The number of hydrogen-bond donors (Lipinski definition) is 2. The number of thioether (sulfide) groups is 1. The molecule has 1 aliphatic rings. The highest BCUT2D eigenvalue weighted by atomic mass is 32.2. The van der Waals surface area contributed by atoms with Gasteiger partial charge in [0.15, 0.2) is 15.8 Å². The van der Waals surface area contributed by atoms with Crippen molar-refractivity contribution in [2.75, 3.05) is 12.0 Å². The average molecular weight is 652 g/mol. The normalized spacial score (nSPS) is 15.7. The number of carbonyl (C=O) groups is 2. The number of amides is 1. The number of phenols is 1. The Morgan fingerprint density at radius 2 is 1.70 bits per heavy atom. The van der Waals surface area contributed by atoms with E-state index in [0.717, 1.165) is 16.7 Å². The Balaban J connectivity index is 1.33. The van der Waals surface area contributed by atoms with E-state index < -0.39 is 17.7 Å². The summed E-state index contributed by atoms with van der Waals surface area (Å²) in [6, 6.07) is 28.0. The molecule has 5 aromatic rings. The molecule has 0 aliphatic carbocycles. The van der Waals surface area contributed by atoms with Crippen molar-refractivity contribution in [3.8, 4) is 17.2 Å². The van der Waals surface area contributed by atoms with Gasteiger partial charge in [0.2, 0.25) is 5.13 Å². The van der Waals surface area contributed by atoms with Crippen molar-refractivity contribution in [3.05, 3.63) is 130 Å². The number of aliphatic hydroxyl groups excluding tert-OH is 1. The van der Waals surface area contributed by atoms with Gasteiger partial charge in [0.05, 0.1) is 18.7 Å². The van der Waals surface area contributed by atoms with Gasteiger partial charge >= 0.3 is 5.91 Å². The van der Waals surface area contributed by atoms with Gasteiger partial charge in [-0.15, -0.1) is 10.2 Å². The van der Waals surface area contributed by atoms with Crippen LogP contribution in [0.5, 0.6) is 17.2 Å². The average Bonchev–Trinajstić information content (AvgIpc) is 3.65. The maximum absolute atomic E-state index is 13.6. The number of Topliss-reactive ketones (excluding diaryl/α,β-unsaturated/α-hetero) is 1. The van der Waals surface area contributed by atoms with Gasteiger partial charge in [0, 0.05) is 11.3 Å². The van der Waals surface area contributed by atoms with E-state index >= 15 is 0 Å². The number of carbonyl (C=O) groups excluding carboxylic acids is 2. The van der Waals surface area contributed by atoms with Crippen LogP contribution in [0.25, 0.3) is 5.76 Å². The summed E-state index contributed by atoms with van der Waals surface area (Å²) in [4.78, 5) is 28.5. The highest BCUT2D eigenvalue weighted by Gasteiger charge is 2.48. The summed E-state index contributed by atoms with van der Waals surface area (Å²) in [7, 11) is 1.40. The molecule has 1 aliphatic heterocycles. The lowest BCUT2D eigenvalue weighted by Gasteiger charge is -2.23. The molecule has 1 unspecified atom stereocenters. The molecule has 1 atom stereocenters. The molecule has 6 rings (SSSR count). The minimum Gasteiger partial charge on any atom is -0.507 e. The first-order valence-electron chi connectivity index (χ1n) is 14.3. The number of hydrogen-bond acceptors (Lipinski definition) is 10. The first-order chi connectivity index (χ1) is 22.3. The van der Waals surface area contributed by atoms with Crippen molar-refractivity contribution < 1.29 is 29.3 Å². The fraction of sp³-hybridized carbons (Fsp3) is 0.143. The Bertz CT molecular complexity index is 1920. The molecule has 2 heterocycles. The van der Waals surface area contributed by atoms with E-state index in [9.17, 15) is 19.8 Å². The number of anilines is 1. The van der Waals surface area contributed by atoms with Crippen LogP contribution in [0.3, 0.4) is 0 Å². The Kier molecular flexibility index (Phi) is 9.04. The zero-order chi connectivity index (χ0) is 32.2. The number of aliphatic hydroxyl groups is 1. The minimum atomic E-state index is -1.06. The second-order valence-corrected chi connectivity index (χ2v) is 12.7. The number of ether oxygens (including phenoxy) is 2. The second kappa shape index (κ2) is 13.5. The summed E-state index contributed by atoms with van der Waals surface area (Å²) in [6.45, 7) is 2.38. The SMILES string of the molecule is COc1cc(C2C(=C(O)c3ccc(OCc4cccc(C)c4)cc3)C(=O)C(=O)N2c2nnc(SCc3ccccc3)s2)ccc1O. The van der Waals surface area contributed by atoms with Gasteiger partial charge in [-0.25, -0.2) is 0 Å². The molecule has 9 nitrogen and oxygen atoms in total. The quantitative estimate of drug-likeness (QED) is 0.0537. The Morgan fingerprint density at radius 1 is 0.935 bits per heavy atom. The molecule has 0 saturated carbocycles. The number of nitrogens with zero attached hydrogens (tertiary/aromatic N) is 3. The summed E-state index contributed by atoms with van der Waals surface area (Å²) in [6.07, 6.45) is 0. The summed E-state index contributed by atoms with van der Waals surface area (Å²) in [5.41, 5.74) is 3.89. The zero-order valence-corrected chi connectivity index (χ0v) is 26.5. The first kappa shape index (κ1) is 30.9. The third-order valence-electron chi connectivity index (χ3n) is 7.39. The van der Waals surface area contributed by atoms with Gasteiger partial charge in [0.25, 0.3) is 5.78 Å². The lowest BCUT2D eigenvalue weighted by molar-refractivity contribution is -0.132. The molecule has 46 heavy (non-hydrogen) atoms. The smallest absolute Gasteiger partial charge is 0.301 e. The highest BCUT2D eigenvalue weighted by molar-refractivity contribution is 8.00. The van der Waals surface area contributed by atoms with E-state index in [4.69, 9.17) is 9.47 Å². The Morgan fingerprint density at radius 3 is 2.43 bits per heavy atom. The molecule has 0 bridgehead atoms. The van der Waals surface area contributed by atoms with Crippen LogP contribution in [0, 0.1) is 6.92 Å². The molecule has 1 fully saturated rings. The van der Waals surface area contributed by atoms with Crippen molar-refractivity contribution in [2.24, 2.45) is 0 Å². The van der Waals surface area contributed by atoms with Gasteiger partial charge < -0.3 is 19.7 Å². The number of methoxy groups -OCH3 is 1. The van der Waals surface area contributed by atoms with Gasteiger partial charge in [-0.1, -0.05) is 89.3 Å². The van der Waals surface area contributed by atoms with Crippen LogP contribution in [0.4, 0.5) is 5.13 Å². The zero-order valence-electron chi connectivity index (χ0n) is 24.9. The molecule has 1 aromatic heterocycles. The number of aryl methyl sites for hydroxylation is 1. The maximum atomic E-state index is 13.6. The fourth-order valence-corrected chi connectivity index (χ4v) is 6.94. The van der Waals surface area contributed by atoms with E-state index in [1.807, 2.05) is 61.5 Å². The van der Waals surface area contributed by atoms with Crippen LogP contribution >= 0.6 is 23.1 Å². The number of ketones is 1. The molecule has 232 valence electrons. The first-order valence-corrected chi connectivity index (χ1v) is 16.1. The van der Waals surface area contributed by atoms with Crippen molar-refractivity contribution >= 4 is 45.7 Å². The van der Waals surface area contributed by atoms with E-state index in [1.54, 1.807) is 30.3 Å². The van der Waals surface area contributed by atoms with Crippen molar-refractivity contribution in [3.63, 3.8) is 0 Å². The summed E-state index contributed by atoms with van der Waals surface area (Å²) < 4.78 is 11.8. The molecule has 11 heteroatoms. The van der Waals surface area contributed by atoms with Crippen LogP contribution in [0.15, 0.2) is 107 Å².